The quantitative estimate of drug-likeness (QED) is 0.417. The normalized spacial score (nSPS) is 12.3. The Balaban J connectivity index is 2.11. The van der Waals surface area contributed by atoms with Crippen molar-refractivity contribution in [2.24, 2.45) is 10.7 Å². The topological polar surface area (TPSA) is 91.5 Å². The standard InChI is InChI=1S/C19H25ClF3N7/c1-4-30(5-2)9-8-25-16-10-12(3)26-18(28-16)29-17(24)27-13-6-7-15(20)14(11-13)19(21,22)23/h6-7,10-11H,4-5,8-9H2,1-3H3,(H4,24,25,26,27,28,29). The Labute approximate surface area is 178 Å². The zero-order chi connectivity index (χ0) is 22.3. The van der Waals surface area contributed by atoms with Gasteiger partial charge in [0.15, 0.2) is 0 Å². The summed E-state index contributed by atoms with van der Waals surface area (Å²) in [5, 5.41) is 5.42. The molecule has 0 spiro atoms. The number of rotatable bonds is 8. The highest BCUT2D eigenvalue weighted by atomic mass is 35.5. The van der Waals surface area contributed by atoms with Crippen molar-refractivity contribution in [3.63, 3.8) is 0 Å². The summed E-state index contributed by atoms with van der Waals surface area (Å²) >= 11 is 5.62. The average Bonchev–Trinajstić information content (AvgIpc) is 2.65. The Morgan fingerprint density at radius 2 is 1.90 bits per heavy atom. The van der Waals surface area contributed by atoms with Gasteiger partial charge < -0.3 is 21.3 Å². The van der Waals surface area contributed by atoms with Crippen LogP contribution in [0, 0.1) is 6.92 Å². The van der Waals surface area contributed by atoms with Gasteiger partial charge in [0.2, 0.25) is 5.96 Å². The molecule has 0 aliphatic heterocycles. The van der Waals surface area contributed by atoms with Crippen LogP contribution in [0.4, 0.5) is 30.6 Å². The van der Waals surface area contributed by atoms with E-state index >= 15 is 0 Å². The second-order valence-corrected chi connectivity index (χ2v) is 6.87. The number of anilines is 2. The number of nitrogens with two attached hydrogens (primary N) is 1. The summed E-state index contributed by atoms with van der Waals surface area (Å²) in [5.74, 6) is 0.535. The van der Waals surface area contributed by atoms with Crippen molar-refractivity contribution >= 4 is 35.0 Å². The maximum Gasteiger partial charge on any atom is 0.417 e. The number of hydrogen-bond acceptors (Lipinski definition) is 5. The maximum atomic E-state index is 13.0. The van der Waals surface area contributed by atoms with Gasteiger partial charge >= 0.3 is 6.18 Å². The van der Waals surface area contributed by atoms with Crippen LogP contribution in [-0.2, 0) is 6.18 Å². The molecule has 0 saturated heterocycles. The first-order chi connectivity index (χ1) is 14.1. The Hall–Kier alpha value is -2.59. The number of aryl methyl sites for hydroxylation is 1. The summed E-state index contributed by atoms with van der Waals surface area (Å²) in [7, 11) is 0. The third-order valence-electron chi connectivity index (χ3n) is 4.24. The largest absolute Gasteiger partial charge is 0.417 e. The Morgan fingerprint density at radius 3 is 2.53 bits per heavy atom. The molecule has 1 aromatic heterocycles. The van der Waals surface area contributed by atoms with Crippen LogP contribution in [0.25, 0.3) is 0 Å². The number of benzene rings is 1. The lowest BCUT2D eigenvalue weighted by Crippen LogP contribution is -2.28. The molecule has 2 aromatic rings. The van der Waals surface area contributed by atoms with E-state index in [2.05, 4.69) is 44.3 Å². The number of nitrogens with zero attached hydrogens (tertiary/aromatic N) is 4. The molecule has 1 aromatic carbocycles. The van der Waals surface area contributed by atoms with Gasteiger partial charge in [-0.2, -0.15) is 23.1 Å². The number of aromatic nitrogens is 2. The van der Waals surface area contributed by atoms with E-state index in [0.717, 1.165) is 31.8 Å². The molecule has 1 heterocycles. The predicted molar refractivity (Wildman–Crippen MR) is 114 cm³/mol. The summed E-state index contributed by atoms with van der Waals surface area (Å²) in [5.41, 5.74) is 5.63. The molecule has 7 nitrogen and oxygen atoms in total. The SMILES string of the molecule is CCN(CC)CCNc1cc(C)nc(/N=C(\N)Nc2ccc(Cl)c(C(F)(F)F)c2)n1. The van der Waals surface area contributed by atoms with Crippen molar-refractivity contribution in [3.05, 3.63) is 40.5 Å². The van der Waals surface area contributed by atoms with Crippen molar-refractivity contribution in [1.82, 2.24) is 14.9 Å². The molecule has 0 unspecified atom stereocenters. The van der Waals surface area contributed by atoms with Crippen LogP contribution >= 0.6 is 11.6 Å². The molecule has 0 aliphatic rings. The van der Waals surface area contributed by atoms with Crippen LogP contribution in [0.15, 0.2) is 29.3 Å². The molecule has 0 amide bonds. The number of likely N-dealkylation sites (N-methyl/N-ethyl adjacent to an activating group) is 1. The molecule has 164 valence electrons. The molecule has 0 aliphatic carbocycles. The van der Waals surface area contributed by atoms with Crippen molar-refractivity contribution in [3.8, 4) is 0 Å². The van der Waals surface area contributed by atoms with E-state index in [-0.39, 0.29) is 17.6 Å². The molecule has 0 bridgehead atoms. The maximum absolute atomic E-state index is 13.0. The smallest absolute Gasteiger partial charge is 0.369 e. The molecule has 0 radical (unpaired) electrons. The van der Waals surface area contributed by atoms with Crippen molar-refractivity contribution in [1.29, 1.82) is 0 Å². The Bertz CT molecular complexity index is 883. The number of halogens is 4. The fourth-order valence-electron chi connectivity index (χ4n) is 2.68. The van der Waals surface area contributed by atoms with E-state index in [1.54, 1.807) is 13.0 Å². The number of hydrogen-bond donors (Lipinski definition) is 3. The molecule has 0 fully saturated rings. The minimum absolute atomic E-state index is 0.0929. The summed E-state index contributed by atoms with van der Waals surface area (Å²) in [6.07, 6.45) is -4.58. The summed E-state index contributed by atoms with van der Waals surface area (Å²) in [6.45, 7) is 9.45. The third kappa shape index (κ3) is 7.03. The fourth-order valence-corrected chi connectivity index (χ4v) is 2.90. The van der Waals surface area contributed by atoms with E-state index in [1.165, 1.54) is 6.07 Å². The molecular formula is C19H25ClF3N7. The first kappa shape index (κ1) is 23.7. The van der Waals surface area contributed by atoms with E-state index in [9.17, 15) is 13.2 Å². The second kappa shape index (κ2) is 10.4. The lowest BCUT2D eigenvalue weighted by Gasteiger charge is -2.18. The average molecular weight is 444 g/mol. The van der Waals surface area contributed by atoms with Crippen LogP contribution in [0.5, 0.6) is 0 Å². The van der Waals surface area contributed by atoms with Gasteiger partial charge in [-0.05, 0) is 38.2 Å². The zero-order valence-electron chi connectivity index (χ0n) is 17.0. The van der Waals surface area contributed by atoms with Crippen LogP contribution in [0.2, 0.25) is 5.02 Å². The zero-order valence-corrected chi connectivity index (χ0v) is 17.8. The second-order valence-electron chi connectivity index (χ2n) is 6.46. The lowest BCUT2D eigenvalue weighted by molar-refractivity contribution is -0.137. The van der Waals surface area contributed by atoms with Gasteiger partial charge in [0.25, 0.3) is 5.95 Å². The molecular weight excluding hydrogens is 419 g/mol. The molecule has 0 atom stereocenters. The highest BCUT2D eigenvalue weighted by molar-refractivity contribution is 6.31. The minimum Gasteiger partial charge on any atom is -0.369 e. The van der Waals surface area contributed by atoms with E-state index in [0.29, 0.717) is 18.1 Å². The molecule has 4 N–H and O–H groups in total. The van der Waals surface area contributed by atoms with Crippen LogP contribution in [-0.4, -0.2) is 47.0 Å². The minimum atomic E-state index is -4.58. The monoisotopic (exact) mass is 443 g/mol. The number of aliphatic imine (C=N–C) groups is 1. The van der Waals surface area contributed by atoms with Crippen molar-refractivity contribution in [2.45, 2.75) is 26.9 Å². The van der Waals surface area contributed by atoms with Gasteiger partial charge in [-0.3, -0.25) is 0 Å². The highest BCUT2D eigenvalue weighted by Gasteiger charge is 2.33. The van der Waals surface area contributed by atoms with Crippen molar-refractivity contribution < 1.29 is 13.2 Å². The van der Waals surface area contributed by atoms with Gasteiger partial charge in [0.05, 0.1) is 10.6 Å². The molecule has 11 heteroatoms. The first-order valence-electron chi connectivity index (χ1n) is 9.42. The molecule has 30 heavy (non-hydrogen) atoms. The van der Waals surface area contributed by atoms with Crippen LogP contribution in [0.1, 0.15) is 25.1 Å². The predicted octanol–water partition coefficient (Wildman–Crippen LogP) is 4.27. The molecule has 2 rings (SSSR count). The van der Waals surface area contributed by atoms with Crippen molar-refractivity contribution in [2.75, 3.05) is 36.8 Å². The Morgan fingerprint density at radius 1 is 1.20 bits per heavy atom. The van der Waals surface area contributed by atoms with Crippen LogP contribution in [0.3, 0.4) is 0 Å². The van der Waals surface area contributed by atoms with E-state index in [4.69, 9.17) is 17.3 Å². The van der Waals surface area contributed by atoms with Crippen LogP contribution < -0.4 is 16.4 Å². The summed E-state index contributed by atoms with van der Waals surface area (Å²) in [6, 6.07) is 5.15. The number of alkyl halides is 3. The fraction of sp³-hybridized carbons (Fsp3) is 0.421. The van der Waals surface area contributed by atoms with Gasteiger partial charge in [0, 0.05) is 30.5 Å². The number of nitrogens with one attached hydrogen (secondary N) is 2. The van der Waals surface area contributed by atoms with E-state index < -0.39 is 16.8 Å². The van der Waals surface area contributed by atoms with Gasteiger partial charge in [-0.15, -0.1) is 0 Å². The lowest BCUT2D eigenvalue weighted by atomic mass is 10.2. The van der Waals surface area contributed by atoms with Gasteiger partial charge in [0.1, 0.15) is 5.82 Å². The van der Waals surface area contributed by atoms with Gasteiger partial charge in [-0.1, -0.05) is 25.4 Å². The first-order valence-corrected chi connectivity index (χ1v) is 9.80. The molecule has 0 saturated carbocycles. The van der Waals surface area contributed by atoms with Gasteiger partial charge in [-0.25, -0.2) is 4.98 Å². The van der Waals surface area contributed by atoms with E-state index in [1.807, 2.05) is 0 Å². The number of guanidine groups is 1. The summed E-state index contributed by atoms with van der Waals surface area (Å²) < 4.78 is 39.0. The Kier molecular flexibility index (Phi) is 8.24. The third-order valence-corrected chi connectivity index (χ3v) is 4.57. The highest BCUT2D eigenvalue weighted by Crippen LogP contribution is 2.36. The summed E-state index contributed by atoms with van der Waals surface area (Å²) in [4.78, 5) is 14.8.